The lowest BCUT2D eigenvalue weighted by Crippen LogP contribution is -2.09. The smallest absolute Gasteiger partial charge is 0.343 e. The highest BCUT2D eigenvalue weighted by Crippen LogP contribution is 2.28. The van der Waals surface area contributed by atoms with Gasteiger partial charge in [-0.3, -0.25) is 0 Å². The molecule has 0 bridgehead atoms. The van der Waals surface area contributed by atoms with E-state index in [2.05, 4.69) is 0 Å². The molecule has 21 heavy (non-hydrogen) atoms. The van der Waals surface area contributed by atoms with E-state index >= 15 is 0 Å². The summed E-state index contributed by atoms with van der Waals surface area (Å²) in [4.78, 5) is 12.1. The number of halogens is 2. The molecule has 0 saturated carbocycles. The van der Waals surface area contributed by atoms with Crippen molar-refractivity contribution in [1.29, 1.82) is 0 Å². The summed E-state index contributed by atoms with van der Waals surface area (Å²) in [5, 5.41) is 0.768. The van der Waals surface area contributed by atoms with Crippen LogP contribution >= 0.6 is 23.2 Å². The fourth-order valence-electron chi connectivity index (χ4n) is 1.65. The molecular formula is C16H14Cl2O3. The second kappa shape index (κ2) is 7.34. The molecule has 2 rings (SSSR count). The Labute approximate surface area is 133 Å². The van der Waals surface area contributed by atoms with Crippen LogP contribution in [0.4, 0.5) is 0 Å². The van der Waals surface area contributed by atoms with E-state index < -0.39 is 5.97 Å². The van der Waals surface area contributed by atoms with Gasteiger partial charge in [0.25, 0.3) is 0 Å². The molecule has 0 amide bonds. The maximum Gasteiger partial charge on any atom is 0.343 e. The van der Waals surface area contributed by atoms with E-state index in [0.29, 0.717) is 22.9 Å². The Morgan fingerprint density at radius 3 is 2.67 bits per heavy atom. The molecular weight excluding hydrogens is 311 g/mol. The van der Waals surface area contributed by atoms with Crippen LogP contribution in [0.1, 0.15) is 23.7 Å². The summed E-state index contributed by atoms with van der Waals surface area (Å²) in [6, 6.07) is 11.5. The molecule has 0 spiro atoms. The van der Waals surface area contributed by atoms with Crippen molar-refractivity contribution in [3.8, 4) is 11.5 Å². The van der Waals surface area contributed by atoms with E-state index in [-0.39, 0.29) is 10.8 Å². The molecule has 0 atom stereocenters. The number of carbonyl (C=O) groups excluding carboxylic acids is 1. The zero-order valence-electron chi connectivity index (χ0n) is 11.4. The van der Waals surface area contributed by atoms with E-state index in [1.54, 1.807) is 36.4 Å². The van der Waals surface area contributed by atoms with Gasteiger partial charge in [-0.15, -0.1) is 0 Å². The second-order valence-electron chi connectivity index (χ2n) is 4.34. The minimum Gasteiger partial charge on any atom is -0.494 e. The third-order valence-corrected chi connectivity index (χ3v) is 3.17. The predicted molar refractivity (Wildman–Crippen MR) is 83.6 cm³/mol. The molecule has 3 nitrogen and oxygen atoms in total. The lowest BCUT2D eigenvalue weighted by molar-refractivity contribution is 0.0734. The predicted octanol–water partition coefficient (Wildman–Crippen LogP) is 5.00. The van der Waals surface area contributed by atoms with E-state index in [4.69, 9.17) is 32.7 Å². The number of esters is 1. The van der Waals surface area contributed by atoms with E-state index in [1.165, 1.54) is 6.07 Å². The molecule has 0 aliphatic rings. The summed E-state index contributed by atoms with van der Waals surface area (Å²) in [6.07, 6.45) is 0.898. The van der Waals surface area contributed by atoms with Crippen molar-refractivity contribution in [2.45, 2.75) is 13.3 Å². The first-order chi connectivity index (χ1) is 10.1. The Morgan fingerprint density at radius 2 is 1.95 bits per heavy atom. The topological polar surface area (TPSA) is 35.5 Å². The quantitative estimate of drug-likeness (QED) is 0.573. The third kappa shape index (κ3) is 4.38. The largest absolute Gasteiger partial charge is 0.494 e. The average Bonchev–Trinajstić information content (AvgIpc) is 2.48. The second-order valence-corrected chi connectivity index (χ2v) is 5.18. The van der Waals surface area contributed by atoms with Crippen LogP contribution in [-0.2, 0) is 0 Å². The first kappa shape index (κ1) is 15.7. The number of rotatable bonds is 5. The zero-order chi connectivity index (χ0) is 15.2. The van der Waals surface area contributed by atoms with Crippen molar-refractivity contribution in [2.24, 2.45) is 0 Å². The number of hydrogen-bond acceptors (Lipinski definition) is 3. The lowest BCUT2D eigenvalue weighted by atomic mass is 10.2. The molecule has 110 valence electrons. The van der Waals surface area contributed by atoms with Gasteiger partial charge in [0.05, 0.1) is 17.2 Å². The van der Waals surface area contributed by atoms with Crippen molar-refractivity contribution in [3.05, 3.63) is 58.1 Å². The number of carbonyl (C=O) groups is 1. The van der Waals surface area contributed by atoms with Gasteiger partial charge < -0.3 is 9.47 Å². The normalized spacial score (nSPS) is 10.2. The average molecular weight is 325 g/mol. The van der Waals surface area contributed by atoms with Gasteiger partial charge in [0.2, 0.25) is 0 Å². The molecule has 0 heterocycles. The van der Waals surface area contributed by atoms with Crippen LogP contribution in [-0.4, -0.2) is 12.6 Å². The van der Waals surface area contributed by atoms with Gasteiger partial charge in [0, 0.05) is 5.02 Å². The fourth-order valence-corrected chi connectivity index (χ4v) is 2.10. The third-order valence-electron chi connectivity index (χ3n) is 2.64. The van der Waals surface area contributed by atoms with Crippen LogP contribution in [0.5, 0.6) is 11.5 Å². The Hall–Kier alpha value is -1.71. The van der Waals surface area contributed by atoms with E-state index in [9.17, 15) is 4.79 Å². The lowest BCUT2D eigenvalue weighted by Gasteiger charge is -2.08. The van der Waals surface area contributed by atoms with E-state index in [1.807, 2.05) is 6.92 Å². The fraction of sp³-hybridized carbons (Fsp3) is 0.188. The Balaban J connectivity index is 2.12. The molecule has 0 unspecified atom stereocenters. The van der Waals surface area contributed by atoms with Crippen molar-refractivity contribution in [1.82, 2.24) is 0 Å². The first-order valence-corrected chi connectivity index (χ1v) is 7.26. The highest BCUT2D eigenvalue weighted by molar-refractivity contribution is 6.35. The summed E-state index contributed by atoms with van der Waals surface area (Å²) in [5.74, 6) is 0.403. The Bertz CT molecular complexity index is 641. The minimum atomic E-state index is -0.499. The van der Waals surface area contributed by atoms with Crippen LogP contribution < -0.4 is 9.47 Å². The zero-order valence-corrected chi connectivity index (χ0v) is 12.9. The molecule has 0 aliphatic carbocycles. The number of hydrogen-bond donors (Lipinski definition) is 0. The maximum atomic E-state index is 12.1. The van der Waals surface area contributed by atoms with Crippen LogP contribution in [0.2, 0.25) is 10.0 Å². The summed E-state index contributed by atoms with van der Waals surface area (Å²) in [5.41, 5.74) is 0.398. The first-order valence-electron chi connectivity index (χ1n) is 6.50. The molecule has 2 aromatic carbocycles. The van der Waals surface area contributed by atoms with Crippen LogP contribution in [0, 0.1) is 0 Å². The van der Waals surface area contributed by atoms with Crippen molar-refractivity contribution in [2.75, 3.05) is 6.61 Å². The molecule has 2 aromatic rings. The van der Waals surface area contributed by atoms with Crippen LogP contribution in [0.25, 0.3) is 0 Å². The van der Waals surface area contributed by atoms with Gasteiger partial charge in [0.15, 0.2) is 0 Å². The Kier molecular flexibility index (Phi) is 5.48. The number of ether oxygens (including phenoxy) is 2. The van der Waals surface area contributed by atoms with Gasteiger partial charge in [-0.05, 0) is 42.8 Å². The molecule has 0 aliphatic heterocycles. The summed E-state index contributed by atoms with van der Waals surface area (Å²) >= 11 is 11.8. The van der Waals surface area contributed by atoms with Crippen molar-refractivity contribution in [3.63, 3.8) is 0 Å². The van der Waals surface area contributed by atoms with Gasteiger partial charge in [0.1, 0.15) is 11.5 Å². The summed E-state index contributed by atoms with van der Waals surface area (Å²) in [7, 11) is 0. The molecule has 0 radical (unpaired) electrons. The SMILES string of the molecule is CCCOc1cccc(C(=O)Oc2ccc(Cl)cc2Cl)c1. The van der Waals surface area contributed by atoms with Crippen molar-refractivity contribution < 1.29 is 14.3 Å². The highest BCUT2D eigenvalue weighted by Gasteiger charge is 2.12. The van der Waals surface area contributed by atoms with Gasteiger partial charge in [-0.1, -0.05) is 36.2 Å². The molecule has 5 heteroatoms. The maximum absolute atomic E-state index is 12.1. The number of benzene rings is 2. The Morgan fingerprint density at radius 1 is 1.14 bits per heavy atom. The summed E-state index contributed by atoms with van der Waals surface area (Å²) in [6.45, 7) is 2.61. The van der Waals surface area contributed by atoms with Crippen LogP contribution in [0.15, 0.2) is 42.5 Å². The molecule has 0 aromatic heterocycles. The standard InChI is InChI=1S/C16H14Cl2O3/c1-2-8-20-13-5-3-4-11(9-13)16(19)21-15-7-6-12(17)10-14(15)18/h3-7,9-10H,2,8H2,1H3. The van der Waals surface area contributed by atoms with E-state index in [0.717, 1.165) is 6.42 Å². The minimum absolute atomic E-state index is 0.269. The van der Waals surface area contributed by atoms with Crippen molar-refractivity contribution >= 4 is 29.2 Å². The molecule has 0 saturated heterocycles. The van der Waals surface area contributed by atoms with Gasteiger partial charge >= 0.3 is 5.97 Å². The monoisotopic (exact) mass is 324 g/mol. The van der Waals surface area contributed by atoms with Gasteiger partial charge in [-0.25, -0.2) is 4.79 Å². The highest BCUT2D eigenvalue weighted by atomic mass is 35.5. The van der Waals surface area contributed by atoms with Crippen LogP contribution in [0.3, 0.4) is 0 Å². The molecule has 0 N–H and O–H groups in total. The molecule has 0 fully saturated rings. The van der Waals surface area contributed by atoms with Gasteiger partial charge in [-0.2, -0.15) is 0 Å². The summed E-state index contributed by atoms with van der Waals surface area (Å²) < 4.78 is 10.7.